The standard InChI is InChI=1S/C13H13IN2OS2/c14-11-4-2-10(3-5-11)12(17)15-6-1-8-18-13-16-7-9-19-13/h2-5,7,9H,1,6,8H2,(H,15,17). The molecule has 19 heavy (non-hydrogen) atoms. The highest BCUT2D eigenvalue weighted by Crippen LogP contribution is 2.20. The summed E-state index contributed by atoms with van der Waals surface area (Å²) >= 11 is 5.61. The van der Waals surface area contributed by atoms with Crippen LogP contribution in [0.4, 0.5) is 0 Å². The lowest BCUT2D eigenvalue weighted by Crippen LogP contribution is -2.24. The normalized spacial score (nSPS) is 10.4. The molecule has 0 aliphatic rings. The Kier molecular flexibility index (Phi) is 6.12. The number of benzene rings is 1. The number of carbonyl (C=O) groups is 1. The Balaban J connectivity index is 1.65. The number of nitrogens with one attached hydrogen (secondary N) is 1. The van der Waals surface area contributed by atoms with Crippen LogP contribution in [-0.2, 0) is 0 Å². The van der Waals surface area contributed by atoms with E-state index >= 15 is 0 Å². The van der Waals surface area contributed by atoms with Crippen LogP contribution in [0.2, 0.25) is 0 Å². The van der Waals surface area contributed by atoms with E-state index in [1.165, 1.54) is 0 Å². The lowest BCUT2D eigenvalue weighted by molar-refractivity contribution is 0.0954. The second-order valence-corrected chi connectivity index (χ2v) is 7.25. The van der Waals surface area contributed by atoms with E-state index in [-0.39, 0.29) is 5.91 Å². The molecule has 0 saturated carbocycles. The molecule has 0 aliphatic heterocycles. The monoisotopic (exact) mass is 404 g/mol. The number of hydrogen-bond donors (Lipinski definition) is 1. The number of hydrogen-bond acceptors (Lipinski definition) is 4. The summed E-state index contributed by atoms with van der Waals surface area (Å²) in [5.41, 5.74) is 0.716. The van der Waals surface area contributed by atoms with Crippen LogP contribution in [0.5, 0.6) is 0 Å². The zero-order valence-corrected chi connectivity index (χ0v) is 13.9. The summed E-state index contributed by atoms with van der Waals surface area (Å²) < 4.78 is 2.22. The minimum Gasteiger partial charge on any atom is -0.352 e. The first kappa shape index (κ1) is 14.8. The molecule has 0 spiro atoms. The summed E-state index contributed by atoms with van der Waals surface area (Å²) in [4.78, 5) is 16.0. The number of thiazole rings is 1. The largest absolute Gasteiger partial charge is 0.352 e. The highest BCUT2D eigenvalue weighted by atomic mass is 127. The van der Waals surface area contributed by atoms with Gasteiger partial charge in [0.2, 0.25) is 0 Å². The number of rotatable bonds is 6. The lowest BCUT2D eigenvalue weighted by atomic mass is 10.2. The zero-order chi connectivity index (χ0) is 13.5. The highest BCUT2D eigenvalue weighted by Gasteiger charge is 2.04. The van der Waals surface area contributed by atoms with Crippen molar-refractivity contribution in [1.82, 2.24) is 10.3 Å². The molecule has 0 unspecified atom stereocenters. The number of amides is 1. The third-order valence-electron chi connectivity index (χ3n) is 2.35. The van der Waals surface area contributed by atoms with E-state index in [0.29, 0.717) is 12.1 Å². The quantitative estimate of drug-likeness (QED) is 0.454. The number of carbonyl (C=O) groups excluding carboxylic acids is 1. The fraction of sp³-hybridized carbons (Fsp3) is 0.231. The Morgan fingerprint density at radius 2 is 2.16 bits per heavy atom. The van der Waals surface area contributed by atoms with Gasteiger partial charge < -0.3 is 5.32 Å². The lowest BCUT2D eigenvalue weighted by Gasteiger charge is -2.04. The number of nitrogens with zero attached hydrogens (tertiary/aromatic N) is 1. The Bertz CT molecular complexity index is 514. The van der Waals surface area contributed by atoms with Crippen LogP contribution >= 0.6 is 45.7 Å². The van der Waals surface area contributed by atoms with Crippen molar-refractivity contribution >= 4 is 51.6 Å². The molecule has 2 rings (SSSR count). The van der Waals surface area contributed by atoms with E-state index in [4.69, 9.17) is 0 Å². The Morgan fingerprint density at radius 3 is 2.84 bits per heavy atom. The predicted molar refractivity (Wildman–Crippen MR) is 88.9 cm³/mol. The van der Waals surface area contributed by atoms with E-state index < -0.39 is 0 Å². The SMILES string of the molecule is O=C(NCCCSc1nccs1)c1ccc(I)cc1. The van der Waals surface area contributed by atoms with Crippen molar-refractivity contribution < 1.29 is 4.79 Å². The van der Waals surface area contributed by atoms with Crippen molar-refractivity contribution in [2.75, 3.05) is 12.3 Å². The number of halogens is 1. The average Bonchev–Trinajstić information content (AvgIpc) is 2.92. The molecule has 0 radical (unpaired) electrons. The second-order valence-electron chi connectivity index (χ2n) is 3.76. The first-order valence-corrected chi connectivity index (χ1v) is 8.76. The van der Waals surface area contributed by atoms with Crippen LogP contribution in [-0.4, -0.2) is 23.2 Å². The first-order chi connectivity index (χ1) is 9.25. The van der Waals surface area contributed by atoms with Gasteiger partial charge in [0.15, 0.2) is 0 Å². The summed E-state index contributed by atoms with van der Waals surface area (Å²) in [7, 11) is 0. The molecule has 2 aromatic rings. The first-order valence-electron chi connectivity index (χ1n) is 5.82. The van der Waals surface area contributed by atoms with Gasteiger partial charge >= 0.3 is 0 Å². The van der Waals surface area contributed by atoms with Gasteiger partial charge in [-0.2, -0.15) is 0 Å². The average molecular weight is 404 g/mol. The maximum absolute atomic E-state index is 11.8. The van der Waals surface area contributed by atoms with Gasteiger partial charge in [-0.25, -0.2) is 4.98 Å². The molecule has 100 valence electrons. The zero-order valence-electron chi connectivity index (χ0n) is 10.1. The van der Waals surface area contributed by atoms with Crippen LogP contribution in [0.1, 0.15) is 16.8 Å². The van der Waals surface area contributed by atoms with Crippen molar-refractivity contribution in [3.8, 4) is 0 Å². The Hall–Kier alpha value is -0.600. The van der Waals surface area contributed by atoms with E-state index in [2.05, 4.69) is 32.9 Å². The Labute approximate surface area is 134 Å². The van der Waals surface area contributed by atoms with Gasteiger partial charge in [-0.15, -0.1) is 11.3 Å². The molecule has 0 aliphatic carbocycles. The molecule has 0 atom stereocenters. The van der Waals surface area contributed by atoms with E-state index in [0.717, 1.165) is 20.1 Å². The van der Waals surface area contributed by atoms with Crippen LogP contribution < -0.4 is 5.32 Å². The number of thioether (sulfide) groups is 1. The summed E-state index contributed by atoms with van der Waals surface area (Å²) in [5.74, 6) is 0.969. The van der Waals surface area contributed by atoms with E-state index in [9.17, 15) is 4.79 Å². The summed E-state index contributed by atoms with van der Waals surface area (Å²) in [6.45, 7) is 0.698. The van der Waals surface area contributed by atoms with Gasteiger partial charge in [-0.05, 0) is 53.3 Å². The highest BCUT2D eigenvalue weighted by molar-refractivity contribution is 14.1. The minimum absolute atomic E-state index is 0.00403. The third-order valence-corrected chi connectivity index (χ3v) is 5.12. The molecule has 0 saturated heterocycles. The molecular formula is C13H13IN2OS2. The van der Waals surface area contributed by atoms with Gasteiger partial charge in [0.25, 0.3) is 5.91 Å². The molecule has 6 heteroatoms. The van der Waals surface area contributed by atoms with Crippen LogP contribution in [0, 0.1) is 3.57 Å². The van der Waals surface area contributed by atoms with Gasteiger partial charge in [0, 0.05) is 33.0 Å². The van der Waals surface area contributed by atoms with Gasteiger partial charge in [-0.1, -0.05) is 11.8 Å². The molecule has 1 aromatic heterocycles. The number of aromatic nitrogens is 1. The minimum atomic E-state index is -0.00403. The molecule has 1 N–H and O–H groups in total. The van der Waals surface area contributed by atoms with Gasteiger partial charge in [-0.3, -0.25) is 4.79 Å². The van der Waals surface area contributed by atoms with Crippen LogP contribution in [0.15, 0.2) is 40.2 Å². The Morgan fingerprint density at radius 1 is 1.37 bits per heavy atom. The van der Waals surface area contributed by atoms with Crippen molar-refractivity contribution in [3.05, 3.63) is 45.0 Å². The fourth-order valence-corrected chi connectivity index (χ4v) is 3.43. The summed E-state index contributed by atoms with van der Waals surface area (Å²) in [5, 5.41) is 4.90. The molecule has 1 aromatic carbocycles. The smallest absolute Gasteiger partial charge is 0.251 e. The summed E-state index contributed by atoms with van der Waals surface area (Å²) in [6.07, 6.45) is 2.76. The van der Waals surface area contributed by atoms with Gasteiger partial charge in [0.1, 0.15) is 4.34 Å². The third kappa shape index (κ3) is 5.12. The van der Waals surface area contributed by atoms with E-state index in [1.807, 2.05) is 35.8 Å². The molecule has 1 amide bonds. The molecule has 0 fully saturated rings. The van der Waals surface area contributed by atoms with Crippen LogP contribution in [0.3, 0.4) is 0 Å². The topological polar surface area (TPSA) is 42.0 Å². The maximum atomic E-state index is 11.8. The maximum Gasteiger partial charge on any atom is 0.251 e. The predicted octanol–water partition coefficient (Wildman–Crippen LogP) is 3.66. The van der Waals surface area contributed by atoms with Crippen molar-refractivity contribution in [1.29, 1.82) is 0 Å². The second kappa shape index (κ2) is 7.86. The van der Waals surface area contributed by atoms with E-state index in [1.54, 1.807) is 23.1 Å². The molecule has 0 bridgehead atoms. The molecule has 1 heterocycles. The van der Waals surface area contributed by atoms with Crippen molar-refractivity contribution in [2.24, 2.45) is 0 Å². The van der Waals surface area contributed by atoms with Crippen LogP contribution in [0.25, 0.3) is 0 Å². The van der Waals surface area contributed by atoms with Crippen molar-refractivity contribution in [3.63, 3.8) is 0 Å². The van der Waals surface area contributed by atoms with Crippen molar-refractivity contribution in [2.45, 2.75) is 10.8 Å². The fourth-order valence-electron chi connectivity index (χ4n) is 1.42. The summed E-state index contributed by atoms with van der Waals surface area (Å²) in [6, 6.07) is 7.57. The molecular weight excluding hydrogens is 391 g/mol. The van der Waals surface area contributed by atoms with Gasteiger partial charge in [0.05, 0.1) is 0 Å². The molecule has 3 nitrogen and oxygen atoms in total.